The Morgan fingerprint density at radius 3 is 2.45 bits per heavy atom. The lowest BCUT2D eigenvalue weighted by Gasteiger charge is -2.19. The molecule has 0 saturated carbocycles. The molecule has 0 atom stereocenters. The summed E-state index contributed by atoms with van der Waals surface area (Å²) in [4.78, 5) is 25.7. The molecular weight excluding hydrogens is 434 g/mol. The molecule has 0 bridgehead atoms. The number of esters is 1. The quantitative estimate of drug-likeness (QED) is 0.339. The van der Waals surface area contributed by atoms with E-state index in [4.69, 9.17) is 9.47 Å². The molecule has 0 unspecified atom stereocenters. The standard InChI is InChI=1S/C23H28BrNO4/c1-3-28-22(26)11-5-4-8-16-29-21-10-7-6-9-19(21)17-25(2)23(27)18-12-14-20(24)15-13-18/h6-7,9-10,12-15H,3-5,8,11,16-17H2,1-2H3. The summed E-state index contributed by atoms with van der Waals surface area (Å²) >= 11 is 3.38. The van der Waals surface area contributed by atoms with Crippen LogP contribution in [-0.4, -0.2) is 37.0 Å². The van der Waals surface area contributed by atoms with E-state index >= 15 is 0 Å². The van der Waals surface area contributed by atoms with Gasteiger partial charge in [0, 0.05) is 35.6 Å². The molecule has 0 spiro atoms. The third kappa shape index (κ3) is 7.89. The van der Waals surface area contributed by atoms with Crippen LogP contribution in [0.15, 0.2) is 53.0 Å². The van der Waals surface area contributed by atoms with Gasteiger partial charge in [-0.25, -0.2) is 0 Å². The molecule has 5 nitrogen and oxygen atoms in total. The molecular formula is C23H28BrNO4. The molecule has 0 fully saturated rings. The minimum Gasteiger partial charge on any atom is -0.493 e. The number of halogens is 1. The first-order chi connectivity index (χ1) is 14.0. The smallest absolute Gasteiger partial charge is 0.305 e. The van der Waals surface area contributed by atoms with Crippen LogP contribution in [0.3, 0.4) is 0 Å². The second-order valence-corrected chi connectivity index (χ2v) is 7.66. The Labute approximate surface area is 181 Å². The van der Waals surface area contributed by atoms with Crippen LogP contribution in [0.2, 0.25) is 0 Å². The van der Waals surface area contributed by atoms with Crippen molar-refractivity contribution in [1.29, 1.82) is 0 Å². The van der Waals surface area contributed by atoms with Crippen molar-refractivity contribution >= 4 is 27.8 Å². The van der Waals surface area contributed by atoms with Gasteiger partial charge < -0.3 is 14.4 Å². The molecule has 0 aromatic heterocycles. The molecule has 6 heteroatoms. The molecule has 0 radical (unpaired) electrons. The Morgan fingerprint density at radius 1 is 1.00 bits per heavy atom. The van der Waals surface area contributed by atoms with Crippen molar-refractivity contribution in [3.63, 3.8) is 0 Å². The molecule has 29 heavy (non-hydrogen) atoms. The Balaban J connectivity index is 1.82. The molecule has 2 aromatic rings. The monoisotopic (exact) mass is 461 g/mol. The number of ether oxygens (including phenoxy) is 2. The van der Waals surface area contributed by atoms with Gasteiger partial charge in [0.25, 0.3) is 5.91 Å². The van der Waals surface area contributed by atoms with Crippen LogP contribution >= 0.6 is 15.9 Å². The molecule has 2 rings (SSSR count). The van der Waals surface area contributed by atoms with Gasteiger partial charge in [0.2, 0.25) is 0 Å². The van der Waals surface area contributed by atoms with Gasteiger partial charge in [-0.1, -0.05) is 34.1 Å². The van der Waals surface area contributed by atoms with E-state index in [2.05, 4.69) is 15.9 Å². The maximum atomic E-state index is 12.6. The Kier molecular flexibility index (Phi) is 9.71. The van der Waals surface area contributed by atoms with E-state index in [0.29, 0.717) is 31.7 Å². The van der Waals surface area contributed by atoms with E-state index in [1.807, 2.05) is 55.5 Å². The fraction of sp³-hybridized carbons (Fsp3) is 0.391. The maximum Gasteiger partial charge on any atom is 0.305 e. The summed E-state index contributed by atoms with van der Waals surface area (Å²) < 4.78 is 11.8. The van der Waals surface area contributed by atoms with E-state index in [1.54, 1.807) is 11.9 Å². The molecule has 1 amide bonds. The summed E-state index contributed by atoms with van der Waals surface area (Å²) in [5, 5.41) is 0. The minimum atomic E-state index is -0.141. The number of carbonyl (C=O) groups excluding carboxylic acids is 2. The Bertz CT molecular complexity index is 792. The van der Waals surface area contributed by atoms with E-state index in [1.165, 1.54) is 0 Å². The summed E-state index contributed by atoms with van der Waals surface area (Å²) in [6.07, 6.45) is 3.02. The van der Waals surface area contributed by atoms with Gasteiger partial charge in [0.1, 0.15) is 5.75 Å². The van der Waals surface area contributed by atoms with Crippen molar-refractivity contribution in [3.8, 4) is 5.75 Å². The summed E-state index contributed by atoms with van der Waals surface area (Å²) in [5.41, 5.74) is 1.61. The summed E-state index contributed by atoms with van der Waals surface area (Å²) in [6.45, 7) is 3.28. The minimum absolute atomic E-state index is 0.0359. The fourth-order valence-electron chi connectivity index (χ4n) is 2.88. The zero-order valence-electron chi connectivity index (χ0n) is 17.0. The van der Waals surface area contributed by atoms with Crippen molar-refractivity contribution in [3.05, 3.63) is 64.1 Å². The van der Waals surface area contributed by atoms with Crippen LogP contribution in [0.5, 0.6) is 5.75 Å². The van der Waals surface area contributed by atoms with E-state index in [0.717, 1.165) is 35.0 Å². The lowest BCUT2D eigenvalue weighted by Crippen LogP contribution is -2.26. The number of benzene rings is 2. The van der Waals surface area contributed by atoms with Crippen molar-refractivity contribution in [2.75, 3.05) is 20.3 Å². The third-order valence-electron chi connectivity index (χ3n) is 4.41. The average molecular weight is 462 g/mol. The molecule has 0 saturated heterocycles. The average Bonchev–Trinajstić information content (AvgIpc) is 2.72. The summed E-state index contributed by atoms with van der Waals surface area (Å²) in [5.74, 6) is 0.608. The number of para-hydroxylation sites is 1. The van der Waals surface area contributed by atoms with Gasteiger partial charge in [0.05, 0.1) is 13.2 Å². The van der Waals surface area contributed by atoms with Gasteiger partial charge in [-0.2, -0.15) is 0 Å². The van der Waals surface area contributed by atoms with Gasteiger partial charge >= 0.3 is 5.97 Å². The highest BCUT2D eigenvalue weighted by Crippen LogP contribution is 2.21. The summed E-state index contributed by atoms with van der Waals surface area (Å²) in [6, 6.07) is 15.1. The fourth-order valence-corrected chi connectivity index (χ4v) is 3.14. The zero-order valence-corrected chi connectivity index (χ0v) is 18.6. The Morgan fingerprint density at radius 2 is 1.72 bits per heavy atom. The van der Waals surface area contributed by atoms with Crippen LogP contribution in [-0.2, 0) is 16.1 Å². The van der Waals surface area contributed by atoms with Crippen LogP contribution in [0.1, 0.15) is 48.5 Å². The molecule has 156 valence electrons. The largest absolute Gasteiger partial charge is 0.493 e. The number of hydrogen-bond donors (Lipinski definition) is 0. The number of hydrogen-bond acceptors (Lipinski definition) is 4. The second-order valence-electron chi connectivity index (χ2n) is 6.74. The van der Waals surface area contributed by atoms with Gasteiger partial charge in [-0.05, 0) is 56.5 Å². The van der Waals surface area contributed by atoms with Crippen molar-refractivity contribution in [2.24, 2.45) is 0 Å². The first-order valence-electron chi connectivity index (χ1n) is 9.88. The molecule has 0 aliphatic carbocycles. The predicted molar refractivity (Wildman–Crippen MR) is 117 cm³/mol. The van der Waals surface area contributed by atoms with Crippen LogP contribution in [0.4, 0.5) is 0 Å². The third-order valence-corrected chi connectivity index (χ3v) is 4.93. The molecule has 0 aliphatic heterocycles. The number of amides is 1. The first kappa shape index (κ1) is 22.9. The number of carbonyl (C=O) groups is 2. The molecule has 0 N–H and O–H groups in total. The van der Waals surface area contributed by atoms with Gasteiger partial charge in [-0.15, -0.1) is 0 Å². The topological polar surface area (TPSA) is 55.8 Å². The molecule has 0 aliphatic rings. The van der Waals surface area contributed by atoms with E-state index in [9.17, 15) is 9.59 Å². The lowest BCUT2D eigenvalue weighted by molar-refractivity contribution is -0.143. The van der Waals surface area contributed by atoms with Crippen molar-refractivity contribution in [2.45, 2.75) is 39.2 Å². The summed E-state index contributed by atoms with van der Waals surface area (Å²) in [7, 11) is 1.79. The van der Waals surface area contributed by atoms with E-state index in [-0.39, 0.29) is 11.9 Å². The zero-order chi connectivity index (χ0) is 21.1. The van der Waals surface area contributed by atoms with Crippen molar-refractivity contribution in [1.82, 2.24) is 4.90 Å². The van der Waals surface area contributed by atoms with Crippen LogP contribution in [0.25, 0.3) is 0 Å². The van der Waals surface area contributed by atoms with Crippen LogP contribution in [0, 0.1) is 0 Å². The van der Waals surface area contributed by atoms with E-state index < -0.39 is 0 Å². The van der Waals surface area contributed by atoms with Crippen LogP contribution < -0.4 is 4.74 Å². The van der Waals surface area contributed by atoms with Gasteiger partial charge in [-0.3, -0.25) is 9.59 Å². The number of unbranched alkanes of at least 4 members (excludes halogenated alkanes) is 2. The Hall–Kier alpha value is -2.34. The number of nitrogens with zero attached hydrogens (tertiary/aromatic N) is 1. The predicted octanol–water partition coefficient (Wildman–Crippen LogP) is 5.22. The highest BCUT2D eigenvalue weighted by Gasteiger charge is 2.14. The molecule has 2 aromatic carbocycles. The highest BCUT2D eigenvalue weighted by molar-refractivity contribution is 9.10. The number of rotatable bonds is 11. The van der Waals surface area contributed by atoms with Crippen molar-refractivity contribution < 1.29 is 19.1 Å². The molecule has 0 heterocycles. The highest BCUT2D eigenvalue weighted by atomic mass is 79.9. The van der Waals surface area contributed by atoms with Gasteiger partial charge in [0.15, 0.2) is 0 Å². The lowest BCUT2D eigenvalue weighted by atomic mass is 10.1. The normalized spacial score (nSPS) is 10.4. The second kappa shape index (κ2) is 12.3. The maximum absolute atomic E-state index is 12.6. The first-order valence-corrected chi connectivity index (χ1v) is 10.7. The SMILES string of the molecule is CCOC(=O)CCCCCOc1ccccc1CN(C)C(=O)c1ccc(Br)cc1.